The van der Waals surface area contributed by atoms with Gasteiger partial charge in [-0.25, -0.2) is 0 Å². The molecule has 3 unspecified atom stereocenters. The third kappa shape index (κ3) is 3.70. The van der Waals surface area contributed by atoms with Gasteiger partial charge >= 0.3 is 0 Å². The molecule has 17 heavy (non-hydrogen) atoms. The Balaban J connectivity index is 2.64. The average Bonchev–Trinajstić information content (AvgIpc) is 2.59. The van der Waals surface area contributed by atoms with E-state index in [1.165, 1.54) is 0 Å². The summed E-state index contributed by atoms with van der Waals surface area (Å²) in [6.07, 6.45) is 5.65. The normalized spacial score (nSPS) is 26.6. The van der Waals surface area contributed by atoms with Gasteiger partial charge in [0, 0.05) is 6.54 Å². The van der Waals surface area contributed by atoms with Crippen LogP contribution in [-0.4, -0.2) is 29.6 Å². The van der Waals surface area contributed by atoms with Crippen LogP contribution in [0.2, 0.25) is 0 Å². The van der Waals surface area contributed by atoms with E-state index in [0.717, 1.165) is 38.6 Å². The van der Waals surface area contributed by atoms with Gasteiger partial charge in [0.1, 0.15) is 0 Å². The Hall–Kier alpha value is -0.570. The monoisotopic (exact) mass is 240 g/mol. The largest absolute Gasteiger partial charge is 0.326 e. The van der Waals surface area contributed by atoms with Crippen LogP contribution in [0, 0.1) is 5.92 Å². The van der Waals surface area contributed by atoms with Crippen molar-refractivity contribution in [3.05, 3.63) is 0 Å². The number of carbonyl (C=O) groups is 1. The van der Waals surface area contributed by atoms with Gasteiger partial charge in [0.25, 0.3) is 0 Å². The van der Waals surface area contributed by atoms with Crippen molar-refractivity contribution >= 4 is 5.91 Å². The number of carbonyl (C=O) groups excluding carboxylic acids is 1. The maximum absolute atomic E-state index is 12.3. The number of rotatable bonds is 7. The molecule has 0 radical (unpaired) electrons. The first-order valence-electron chi connectivity index (χ1n) is 7.20. The van der Waals surface area contributed by atoms with E-state index in [4.69, 9.17) is 0 Å². The Morgan fingerprint density at radius 3 is 2.41 bits per heavy atom. The summed E-state index contributed by atoms with van der Waals surface area (Å²) in [7, 11) is 0. The molecule has 1 amide bonds. The highest BCUT2D eigenvalue weighted by molar-refractivity contribution is 5.84. The van der Waals surface area contributed by atoms with Crippen molar-refractivity contribution < 1.29 is 4.79 Å². The summed E-state index contributed by atoms with van der Waals surface area (Å²) in [6, 6.07) is 0.0700. The number of hydrogen-bond acceptors (Lipinski definition) is 2. The maximum atomic E-state index is 12.3. The highest BCUT2D eigenvalue weighted by Gasteiger charge is 2.37. The second-order valence-electron chi connectivity index (χ2n) is 5.32. The molecule has 1 rings (SSSR count). The van der Waals surface area contributed by atoms with E-state index < -0.39 is 0 Å². The zero-order valence-electron chi connectivity index (χ0n) is 11.8. The number of nitrogens with one attached hydrogen (secondary N) is 1. The molecule has 0 aromatic carbocycles. The summed E-state index contributed by atoms with van der Waals surface area (Å²) >= 11 is 0. The van der Waals surface area contributed by atoms with Gasteiger partial charge in [-0.2, -0.15) is 0 Å². The standard InChI is InChI=1S/C14H28N2O/c1-5-8-12-14(17)16(10-11(4)7-3)13(15-12)9-6-2/h11-13,15H,5-10H2,1-4H3. The fourth-order valence-electron chi connectivity index (χ4n) is 2.44. The summed E-state index contributed by atoms with van der Waals surface area (Å²) in [5.41, 5.74) is 0. The second kappa shape index (κ2) is 7.00. The number of amides is 1. The summed E-state index contributed by atoms with van der Waals surface area (Å²) in [6.45, 7) is 9.65. The van der Waals surface area contributed by atoms with Crippen molar-refractivity contribution in [3.63, 3.8) is 0 Å². The van der Waals surface area contributed by atoms with Gasteiger partial charge in [-0.3, -0.25) is 10.1 Å². The Bertz CT molecular complexity index is 242. The van der Waals surface area contributed by atoms with E-state index in [0.29, 0.717) is 11.8 Å². The van der Waals surface area contributed by atoms with Crippen molar-refractivity contribution in [1.29, 1.82) is 0 Å². The van der Waals surface area contributed by atoms with E-state index >= 15 is 0 Å². The fourth-order valence-corrected chi connectivity index (χ4v) is 2.44. The molecule has 3 atom stereocenters. The molecule has 0 spiro atoms. The zero-order valence-corrected chi connectivity index (χ0v) is 11.8. The first kappa shape index (κ1) is 14.5. The van der Waals surface area contributed by atoms with Gasteiger partial charge in [-0.1, -0.05) is 47.0 Å². The molecular weight excluding hydrogens is 212 g/mol. The van der Waals surface area contributed by atoms with Crippen LogP contribution in [0.1, 0.15) is 59.8 Å². The minimum atomic E-state index is 0.0700. The van der Waals surface area contributed by atoms with Gasteiger partial charge in [0.05, 0.1) is 12.2 Å². The van der Waals surface area contributed by atoms with Crippen molar-refractivity contribution in [3.8, 4) is 0 Å². The van der Waals surface area contributed by atoms with Crippen molar-refractivity contribution in [1.82, 2.24) is 10.2 Å². The first-order valence-corrected chi connectivity index (χ1v) is 7.20. The van der Waals surface area contributed by atoms with Crippen LogP contribution in [-0.2, 0) is 4.79 Å². The molecule has 1 aliphatic heterocycles. The lowest BCUT2D eigenvalue weighted by Gasteiger charge is -2.26. The summed E-state index contributed by atoms with van der Waals surface area (Å²) < 4.78 is 0. The molecule has 1 heterocycles. The Kier molecular flexibility index (Phi) is 5.96. The lowest BCUT2D eigenvalue weighted by molar-refractivity contribution is -0.130. The van der Waals surface area contributed by atoms with E-state index in [2.05, 4.69) is 37.9 Å². The minimum Gasteiger partial charge on any atom is -0.326 e. The molecule has 0 aliphatic carbocycles. The van der Waals surface area contributed by atoms with Crippen LogP contribution in [0.3, 0.4) is 0 Å². The highest BCUT2D eigenvalue weighted by atomic mass is 16.2. The minimum absolute atomic E-state index is 0.0700. The topological polar surface area (TPSA) is 32.3 Å². The summed E-state index contributed by atoms with van der Waals surface area (Å²) in [5, 5.41) is 3.50. The molecule has 3 heteroatoms. The third-order valence-electron chi connectivity index (χ3n) is 3.70. The van der Waals surface area contributed by atoms with Crippen molar-refractivity contribution in [2.24, 2.45) is 5.92 Å². The van der Waals surface area contributed by atoms with Gasteiger partial charge in [0.2, 0.25) is 5.91 Å². The van der Waals surface area contributed by atoms with Crippen molar-refractivity contribution in [2.45, 2.75) is 72.0 Å². The Labute approximate surface area is 106 Å². The quantitative estimate of drug-likeness (QED) is 0.742. The van der Waals surface area contributed by atoms with Gasteiger partial charge < -0.3 is 4.90 Å². The number of nitrogens with zero attached hydrogens (tertiary/aromatic N) is 1. The molecule has 0 bridgehead atoms. The Morgan fingerprint density at radius 2 is 1.88 bits per heavy atom. The maximum Gasteiger partial charge on any atom is 0.241 e. The molecule has 1 fully saturated rings. The predicted molar refractivity (Wildman–Crippen MR) is 71.7 cm³/mol. The third-order valence-corrected chi connectivity index (χ3v) is 3.70. The van der Waals surface area contributed by atoms with E-state index in [9.17, 15) is 4.79 Å². The summed E-state index contributed by atoms with van der Waals surface area (Å²) in [5.74, 6) is 0.922. The first-order chi connectivity index (χ1) is 8.13. The van der Waals surface area contributed by atoms with Crippen LogP contribution in [0.15, 0.2) is 0 Å². The van der Waals surface area contributed by atoms with Gasteiger partial charge in [0.15, 0.2) is 0 Å². The van der Waals surface area contributed by atoms with Gasteiger partial charge in [-0.15, -0.1) is 0 Å². The molecule has 0 aromatic heterocycles. The fraction of sp³-hybridized carbons (Fsp3) is 0.929. The van der Waals surface area contributed by atoms with Gasteiger partial charge in [-0.05, 0) is 18.8 Å². The molecule has 100 valence electrons. The van der Waals surface area contributed by atoms with Crippen LogP contribution in [0.5, 0.6) is 0 Å². The van der Waals surface area contributed by atoms with E-state index in [1.807, 2.05) is 0 Å². The molecular formula is C14H28N2O. The smallest absolute Gasteiger partial charge is 0.241 e. The van der Waals surface area contributed by atoms with Crippen LogP contribution >= 0.6 is 0 Å². The molecule has 1 saturated heterocycles. The number of hydrogen-bond donors (Lipinski definition) is 1. The van der Waals surface area contributed by atoms with Crippen LogP contribution < -0.4 is 5.32 Å². The lowest BCUT2D eigenvalue weighted by Crippen LogP contribution is -2.39. The van der Waals surface area contributed by atoms with E-state index in [-0.39, 0.29) is 12.2 Å². The van der Waals surface area contributed by atoms with Crippen LogP contribution in [0.25, 0.3) is 0 Å². The summed E-state index contributed by atoms with van der Waals surface area (Å²) in [4.78, 5) is 14.4. The van der Waals surface area contributed by atoms with Crippen LogP contribution in [0.4, 0.5) is 0 Å². The molecule has 0 saturated carbocycles. The SMILES string of the molecule is CCCC1NC(CCC)N(CC(C)CC)C1=O. The van der Waals surface area contributed by atoms with E-state index in [1.54, 1.807) is 0 Å². The lowest BCUT2D eigenvalue weighted by atomic mass is 10.1. The highest BCUT2D eigenvalue weighted by Crippen LogP contribution is 2.20. The van der Waals surface area contributed by atoms with Crippen molar-refractivity contribution in [2.75, 3.05) is 6.54 Å². The predicted octanol–water partition coefficient (Wildman–Crippen LogP) is 2.76. The zero-order chi connectivity index (χ0) is 12.8. The average molecular weight is 240 g/mol. The Morgan fingerprint density at radius 1 is 1.24 bits per heavy atom. The molecule has 3 nitrogen and oxygen atoms in total. The molecule has 1 aliphatic rings. The second-order valence-corrected chi connectivity index (χ2v) is 5.32. The molecule has 0 aromatic rings. The molecule has 1 N–H and O–H groups in total.